The molecule has 1 aliphatic heterocycles. The Balaban J connectivity index is 0.00000288. The van der Waals surface area contributed by atoms with Crippen molar-refractivity contribution in [2.45, 2.75) is 31.8 Å². The molecule has 0 radical (unpaired) electrons. The fraction of sp³-hybridized carbons (Fsp3) is 0.533. The molecule has 0 N–H and O–H groups in total. The molecule has 1 aliphatic rings. The van der Waals surface area contributed by atoms with Gasteiger partial charge in [0.25, 0.3) is 0 Å². The second-order valence-electron chi connectivity index (χ2n) is 4.63. The average Bonchev–Trinajstić information content (AvgIpc) is 2.54. The van der Waals surface area contributed by atoms with Crippen LogP contribution in [0.3, 0.4) is 0 Å². The van der Waals surface area contributed by atoms with E-state index in [9.17, 15) is 4.79 Å². The first kappa shape index (κ1) is 9.78. The Bertz CT molecular complexity index is 604. The van der Waals surface area contributed by atoms with E-state index in [2.05, 4.69) is 4.90 Å². The van der Waals surface area contributed by atoms with Crippen LogP contribution in [0.4, 0.5) is 0 Å². The highest BCUT2D eigenvalue weighted by atomic mass is 35.5. The van der Waals surface area contributed by atoms with Crippen molar-refractivity contribution in [2.75, 3.05) is 20.1 Å². The predicted octanol–water partition coefficient (Wildman–Crippen LogP) is 2.98. The van der Waals surface area contributed by atoms with E-state index in [0.717, 1.165) is 0 Å². The molecular weight excluding hydrogens is 262 g/mol. The summed E-state index contributed by atoms with van der Waals surface area (Å²) >= 11 is 0. The largest absolute Gasteiger partial charge is 0.454 e. The number of benzene rings is 1. The van der Waals surface area contributed by atoms with Crippen molar-refractivity contribution in [3.05, 3.63) is 35.8 Å². The Morgan fingerprint density at radius 3 is 2.47 bits per heavy atom. The van der Waals surface area contributed by atoms with Gasteiger partial charge in [0.15, 0.2) is 0 Å². The third-order valence-electron chi connectivity index (χ3n) is 3.35. The first-order chi connectivity index (χ1) is 10.7. The summed E-state index contributed by atoms with van der Waals surface area (Å²) in [5, 5.41) is 0. The normalized spacial score (nSPS) is 22.1. The average molecular weight is 289 g/mol. The van der Waals surface area contributed by atoms with Gasteiger partial charge in [0.05, 0.1) is 6.85 Å². The molecule has 1 fully saturated rings. The number of nitrogens with zero attached hydrogens (tertiary/aromatic N) is 1. The number of rotatable bonds is 3. The van der Waals surface area contributed by atoms with Crippen LogP contribution in [0.2, 0.25) is 0 Å². The van der Waals surface area contributed by atoms with Crippen LogP contribution >= 0.6 is 12.4 Å². The molecule has 0 aliphatic carbocycles. The van der Waals surface area contributed by atoms with Crippen LogP contribution < -0.4 is 0 Å². The molecule has 1 heterocycles. The summed E-state index contributed by atoms with van der Waals surface area (Å²) in [6.07, 6.45) is 0.989. The van der Waals surface area contributed by atoms with E-state index in [1.54, 1.807) is 6.92 Å². The quantitative estimate of drug-likeness (QED) is 0.801. The van der Waals surface area contributed by atoms with E-state index in [1.807, 2.05) is 7.05 Å². The molecule has 0 unspecified atom stereocenters. The van der Waals surface area contributed by atoms with Crippen LogP contribution in [0.15, 0.2) is 30.2 Å². The number of esters is 1. The molecule has 106 valence electrons. The summed E-state index contributed by atoms with van der Waals surface area (Å²) in [5.41, 5.74) is -1.06. The Labute approximate surface area is 128 Å². The first-order valence-corrected chi connectivity index (χ1v) is 6.21. The zero-order chi connectivity index (χ0) is 17.4. The minimum Gasteiger partial charge on any atom is -0.454 e. The molecule has 1 aromatic carbocycles. The molecule has 0 saturated carbocycles. The van der Waals surface area contributed by atoms with E-state index in [-0.39, 0.29) is 36.5 Å². The van der Waals surface area contributed by atoms with Crippen LogP contribution in [0, 0.1) is 0 Å². The van der Waals surface area contributed by atoms with Gasteiger partial charge in [0.1, 0.15) is 5.60 Å². The molecule has 0 atom stereocenters. The summed E-state index contributed by atoms with van der Waals surface area (Å²) in [6, 6.07) is -1.80. The minimum absolute atomic E-state index is 0. The van der Waals surface area contributed by atoms with Crippen molar-refractivity contribution in [3.63, 3.8) is 0 Å². The second-order valence-corrected chi connectivity index (χ2v) is 4.63. The molecule has 2 rings (SSSR count). The van der Waals surface area contributed by atoms with Gasteiger partial charge in [-0.1, -0.05) is 37.1 Å². The smallest absolute Gasteiger partial charge is 0.306 e. The number of piperidine rings is 1. The van der Waals surface area contributed by atoms with Crippen LogP contribution in [0.25, 0.3) is 0 Å². The number of carbonyl (C=O) groups is 1. The summed E-state index contributed by atoms with van der Waals surface area (Å²) in [6.45, 7) is 2.92. The predicted molar refractivity (Wildman–Crippen MR) is 78.5 cm³/mol. The Morgan fingerprint density at radius 2 is 1.95 bits per heavy atom. The number of ether oxygens (including phenoxy) is 1. The lowest BCUT2D eigenvalue weighted by Gasteiger charge is -2.40. The second kappa shape index (κ2) is 6.92. The molecule has 0 bridgehead atoms. The Hall–Kier alpha value is -1.06. The highest BCUT2D eigenvalue weighted by molar-refractivity contribution is 5.85. The first-order valence-electron chi connectivity index (χ1n) is 8.71. The van der Waals surface area contributed by atoms with Crippen molar-refractivity contribution < 1.29 is 16.4 Å². The van der Waals surface area contributed by atoms with Crippen LogP contribution in [-0.4, -0.2) is 31.0 Å². The molecule has 4 heteroatoms. The SMILES string of the molecule is Cl.[2H]c1c([2H])c([2H])c(C2(OC(=O)CC)CCN(C)CC2)c([2H])c1[2H]. The summed E-state index contributed by atoms with van der Waals surface area (Å²) in [5.74, 6) is -0.429. The van der Waals surface area contributed by atoms with Crippen LogP contribution in [0.1, 0.15) is 38.6 Å². The topological polar surface area (TPSA) is 29.5 Å². The van der Waals surface area contributed by atoms with Crippen LogP contribution in [-0.2, 0) is 15.1 Å². The van der Waals surface area contributed by atoms with Crippen molar-refractivity contribution in [1.29, 1.82) is 0 Å². The maximum absolute atomic E-state index is 11.9. The number of hydrogen-bond acceptors (Lipinski definition) is 3. The van der Waals surface area contributed by atoms with Crippen molar-refractivity contribution >= 4 is 18.4 Å². The van der Waals surface area contributed by atoms with Gasteiger partial charge in [-0.15, -0.1) is 12.4 Å². The fourth-order valence-electron chi connectivity index (χ4n) is 2.15. The Morgan fingerprint density at radius 1 is 1.37 bits per heavy atom. The Kier molecular flexibility index (Phi) is 3.56. The molecule has 3 nitrogen and oxygen atoms in total. The number of halogens is 1. The van der Waals surface area contributed by atoms with Gasteiger partial charge in [-0.2, -0.15) is 0 Å². The molecule has 0 amide bonds. The lowest BCUT2D eigenvalue weighted by molar-refractivity contribution is -0.166. The molecule has 0 spiro atoms. The van der Waals surface area contributed by atoms with E-state index in [0.29, 0.717) is 25.9 Å². The number of hydrogen-bond donors (Lipinski definition) is 0. The zero-order valence-electron chi connectivity index (χ0n) is 16.2. The lowest BCUT2D eigenvalue weighted by Crippen LogP contribution is -2.43. The number of carbonyl (C=O) groups excluding carboxylic acids is 1. The van der Waals surface area contributed by atoms with E-state index in [4.69, 9.17) is 11.6 Å². The molecular formula is C15H22ClNO2. The molecule has 1 aromatic rings. The molecule has 1 saturated heterocycles. The van der Waals surface area contributed by atoms with Gasteiger partial charge in [0, 0.05) is 32.4 Å². The summed E-state index contributed by atoms with van der Waals surface area (Å²) in [4.78, 5) is 14.0. The maximum atomic E-state index is 11.9. The van der Waals surface area contributed by atoms with E-state index < -0.39 is 29.7 Å². The van der Waals surface area contributed by atoms with E-state index >= 15 is 0 Å². The van der Waals surface area contributed by atoms with E-state index in [1.165, 1.54) is 0 Å². The fourth-order valence-corrected chi connectivity index (χ4v) is 2.15. The van der Waals surface area contributed by atoms with Gasteiger partial charge in [-0.3, -0.25) is 4.79 Å². The van der Waals surface area contributed by atoms with Gasteiger partial charge >= 0.3 is 5.97 Å². The molecule has 0 aromatic heterocycles. The summed E-state index contributed by atoms with van der Waals surface area (Å²) < 4.78 is 45.4. The van der Waals surface area contributed by atoms with Crippen LogP contribution in [0.5, 0.6) is 0 Å². The highest BCUT2D eigenvalue weighted by Gasteiger charge is 2.38. The lowest BCUT2D eigenvalue weighted by atomic mass is 9.84. The number of likely N-dealkylation sites (tertiary alicyclic amines) is 1. The minimum atomic E-state index is -1.16. The third kappa shape index (κ3) is 3.71. The standard InChI is InChI=1S/C15H21NO2.ClH/c1-3-14(17)18-15(9-11-16(2)12-10-15)13-7-5-4-6-8-13;/h4-8H,3,9-12H2,1-2H3;1H/i4D,5D,6D,7D,8D;. The van der Waals surface area contributed by atoms with Gasteiger partial charge in [-0.05, 0) is 12.6 Å². The van der Waals surface area contributed by atoms with Crippen molar-refractivity contribution in [1.82, 2.24) is 4.90 Å². The van der Waals surface area contributed by atoms with Crippen molar-refractivity contribution in [3.8, 4) is 0 Å². The van der Waals surface area contributed by atoms with Gasteiger partial charge in [0.2, 0.25) is 0 Å². The monoisotopic (exact) mass is 288 g/mol. The molecule has 19 heavy (non-hydrogen) atoms. The maximum Gasteiger partial charge on any atom is 0.306 e. The van der Waals surface area contributed by atoms with Gasteiger partial charge in [-0.25, -0.2) is 0 Å². The summed E-state index contributed by atoms with van der Waals surface area (Å²) in [7, 11) is 1.94. The third-order valence-corrected chi connectivity index (χ3v) is 3.35. The van der Waals surface area contributed by atoms with Gasteiger partial charge < -0.3 is 9.64 Å². The highest BCUT2D eigenvalue weighted by Crippen LogP contribution is 2.36. The van der Waals surface area contributed by atoms with Crippen molar-refractivity contribution in [2.24, 2.45) is 0 Å². The zero-order valence-corrected chi connectivity index (χ0v) is 12.0.